The van der Waals surface area contributed by atoms with E-state index in [1.165, 1.54) is 25.9 Å². The average molecular weight is 235 g/mol. The van der Waals surface area contributed by atoms with E-state index in [4.69, 9.17) is 4.74 Å². The minimum Gasteiger partial charge on any atom is -0.481 e. The van der Waals surface area contributed by atoms with Crippen molar-refractivity contribution >= 4 is 5.82 Å². The number of methoxy groups -OCH3 is 1. The molecule has 2 rings (SSSR count). The zero-order chi connectivity index (χ0) is 12.1. The van der Waals surface area contributed by atoms with Crippen molar-refractivity contribution < 1.29 is 4.74 Å². The van der Waals surface area contributed by atoms with Gasteiger partial charge in [0, 0.05) is 18.7 Å². The molecule has 1 N–H and O–H groups in total. The number of hydrogen-bond acceptors (Lipinski definition) is 4. The van der Waals surface area contributed by atoms with E-state index in [-0.39, 0.29) is 0 Å². The van der Waals surface area contributed by atoms with Gasteiger partial charge in [0.25, 0.3) is 0 Å². The normalized spacial score (nSPS) is 18.0. The molecule has 1 aliphatic rings. The van der Waals surface area contributed by atoms with Crippen LogP contribution in [-0.4, -0.2) is 42.7 Å². The fourth-order valence-electron chi connectivity index (χ4n) is 2.26. The van der Waals surface area contributed by atoms with E-state index in [1.807, 2.05) is 18.2 Å². The standard InChI is InChI=1S/C13H21N3O/c1-11(10-16-8-3-4-9-16)14-12-6-5-7-13(15-12)17-2/h5-7,11H,3-4,8-10H2,1-2H3,(H,14,15). The molecule has 2 heterocycles. The van der Waals surface area contributed by atoms with Crippen LogP contribution in [0.1, 0.15) is 19.8 Å². The molecule has 4 heteroatoms. The molecule has 1 atom stereocenters. The number of rotatable bonds is 5. The second-order valence-corrected chi connectivity index (χ2v) is 4.62. The first-order chi connectivity index (χ1) is 8.28. The Morgan fingerprint density at radius 2 is 2.18 bits per heavy atom. The molecule has 1 aliphatic heterocycles. The van der Waals surface area contributed by atoms with Gasteiger partial charge >= 0.3 is 0 Å². The van der Waals surface area contributed by atoms with Gasteiger partial charge in [-0.1, -0.05) is 6.07 Å². The maximum atomic E-state index is 5.11. The molecule has 1 aromatic heterocycles. The largest absolute Gasteiger partial charge is 0.481 e. The lowest BCUT2D eigenvalue weighted by Gasteiger charge is -2.21. The predicted octanol–water partition coefficient (Wildman–Crippen LogP) is 1.99. The zero-order valence-corrected chi connectivity index (χ0v) is 10.6. The fraction of sp³-hybridized carbons (Fsp3) is 0.615. The summed E-state index contributed by atoms with van der Waals surface area (Å²) in [5.41, 5.74) is 0. The van der Waals surface area contributed by atoms with Crippen LogP contribution in [0.2, 0.25) is 0 Å². The first kappa shape index (κ1) is 12.2. The van der Waals surface area contributed by atoms with Crippen molar-refractivity contribution in [1.82, 2.24) is 9.88 Å². The second-order valence-electron chi connectivity index (χ2n) is 4.62. The third-order valence-corrected chi connectivity index (χ3v) is 3.06. The summed E-state index contributed by atoms with van der Waals surface area (Å²) in [6.07, 6.45) is 2.67. The average Bonchev–Trinajstić information content (AvgIpc) is 2.82. The van der Waals surface area contributed by atoms with Gasteiger partial charge < -0.3 is 15.0 Å². The Bertz CT molecular complexity index is 350. The van der Waals surface area contributed by atoms with Crippen LogP contribution in [0.5, 0.6) is 5.88 Å². The highest BCUT2D eigenvalue weighted by Gasteiger charge is 2.14. The summed E-state index contributed by atoms with van der Waals surface area (Å²) in [7, 11) is 1.64. The first-order valence-corrected chi connectivity index (χ1v) is 6.28. The monoisotopic (exact) mass is 235 g/mol. The number of likely N-dealkylation sites (tertiary alicyclic amines) is 1. The van der Waals surface area contributed by atoms with Crippen LogP contribution in [0.4, 0.5) is 5.82 Å². The SMILES string of the molecule is COc1cccc(NC(C)CN2CCCC2)n1. The van der Waals surface area contributed by atoms with Crippen LogP contribution >= 0.6 is 0 Å². The molecule has 1 saturated heterocycles. The third kappa shape index (κ3) is 3.60. The maximum absolute atomic E-state index is 5.11. The first-order valence-electron chi connectivity index (χ1n) is 6.28. The van der Waals surface area contributed by atoms with E-state index >= 15 is 0 Å². The van der Waals surface area contributed by atoms with Gasteiger partial charge in [-0.25, -0.2) is 0 Å². The van der Waals surface area contributed by atoms with Crippen molar-refractivity contribution in [2.45, 2.75) is 25.8 Å². The number of hydrogen-bond donors (Lipinski definition) is 1. The molecular formula is C13H21N3O. The van der Waals surface area contributed by atoms with Gasteiger partial charge in [-0.2, -0.15) is 4.98 Å². The van der Waals surface area contributed by atoms with Gasteiger partial charge in [0.15, 0.2) is 0 Å². The summed E-state index contributed by atoms with van der Waals surface area (Å²) in [5, 5.41) is 3.41. The van der Waals surface area contributed by atoms with Crippen LogP contribution in [0.15, 0.2) is 18.2 Å². The van der Waals surface area contributed by atoms with Crippen molar-refractivity contribution in [2.24, 2.45) is 0 Å². The Labute approximate surface area is 103 Å². The van der Waals surface area contributed by atoms with Gasteiger partial charge in [-0.05, 0) is 38.9 Å². The molecule has 94 valence electrons. The Kier molecular flexibility index (Phi) is 4.20. The molecule has 0 aromatic carbocycles. The van der Waals surface area contributed by atoms with Crippen LogP contribution < -0.4 is 10.1 Å². The summed E-state index contributed by atoms with van der Waals surface area (Å²) in [5.74, 6) is 1.54. The van der Waals surface area contributed by atoms with Crippen LogP contribution in [0.3, 0.4) is 0 Å². The zero-order valence-electron chi connectivity index (χ0n) is 10.6. The molecule has 0 spiro atoms. The van der Waals surface area contributed by atoms with Gasteiger partial charge in [-0.3, -0.25) is 0 Å². The number of pyridine rings is 1. The number of nitrogens with zero attached hydrogens (tertiary/aromatic N) is 2. The molecule has 4 nitrogen and oxygen atoms in total. The lowest BCUT2D eigenvalue weighted by atomic mass is 10.3. The number of ether oxygens (including phenoxy) is 1. The summed E-state index contributed by atoms with van der Waals surface area (Å²) in [6.45, 7) is 5.74. The summed E-state index contributed by atoms with van der Waals surface area (Å²) < 4.78 is 5.11. The highest BCUT2D eigenvalue weighted by molar-refractivity contribution is 5.37. The third-order valence-electron chi connectivity index (χ3n) is 3.06. The Morgan fingerprint density at radius 1 is 1.41 bits per heavy atom. The van der Waals surface area contributed by atoms with E-state index in [0.29, 0.717) is 11.9 Å². The Balaban J connectivity index is 1.85. The lowest BCUT2D eigenvalue weighted by molar-refractivity contribution is 0.327. The van der Waals surface area contributed by atoms with Crippen LogP contribution in [-0.2, 0) is 0 Å². The second kappa shape index (κ2) is 5.87. The molecule has 0 amide bonds. The number of anilines is 1. The molecule has 1 unspecified atom stereocenters. The quantitative estimate of drug-likeness (QED) is 0.847. The molecule has 1 fully saturated rings. The molecule has 0 radical (unpaired) electrons. The molecule has 0 saturated carbocycles. The Morgan fingerprint density at radius 3 is 2.88 bits per heavy atom. The molecule has 0 bridgehead atoms. The van der Waals surface area contributed by atoms with Crippen LogP contribution in [0.25, 0.3) is 0 Å². The number of aromatic nitrogens is 1. The minimum atomic E-state index is 0.410. The van der Waals surface area contributed by atoms with Crippen molar-refractivity contribution in [2.75, 3.05) is 32.1 Å². The van der Waals surface area contributed by atoms with Gasteiger partial charge in [0.2, 0.25) is 5.88 Å². The molecule has 0 aliphatic carbocycles. The van der Waals surface area contributed by atoms with Crippen molar-refractivity contribution in [1.29, 1.82) is 0 Å². The summed E-state index contributed by atoms with van der Waals surface area (Å²) in [4.78, 5) is 6.85. The highest BCUT2D eigenvalue weighted by Crippen LogP contribution is 2.13. The van der Waals surface area contributed by atoms with E-state index in [9.17, 15) is 0 Å². The van der Waals surface area contributed by atoms with E-state index in [2.05, 4.69) is 22.1 Å². The van der Waals surface area contributed by atoms with E-state index in [0.717, 1.165) is 12.4 Å². The van der Waals surface area contributed by atoms with Crippen molar-refractivity contribution in [3.63, 3.8) is 0 Å². The smallest absolute Gasteiger partial charge is 0.214 e. The lowest BCUT2D eigenvalue weighted by Crippen LogP contribution is -2.33. The summed E-state index contributed by atoms with van der Waals surface area (Å²) in [6, 6.07) is 6.20. The van der Waals surface area contributed by atoms with Gasteiger partial charge in [0.1, 0.15) is 5.82 Å². The molecule has 17 heavy (non-hydrogen) atoms. The van der Waals surface area contributed by atoms with Crippen LogP contribution in [0, 0.1) is 0 Å². The van der Waals surface area contributed by atoms with Gasteiger partial charge in [-0.15, -0.1) is 0 Å². The maximum Gasteiger partial charge on any atom is 0.214 e. The van der Waals surface area contributed by atoms with Crippen molar-refractivity contribution in [3.05, 3.63) is 18.2 Å². The molecular weight excluding hydrogens is 214 g/mol. The predicted molar refractivity (Wildman–Crippen MR) is 69.5 cm³/mol. The van der Waals surface area contributed by atoms with E-state index in [1.54, 1.807) is 7.11 Å². The molecule has 1 aromatic rings. The topological polar surface area (TPSA) is 37.4 Å². The highest BCUT2D eigenvalue weighted by atomic mass is 16.5. The van der Waals surface area contributed by atoms with Gasteiger partial charge in [0.05, 0.1) is 7.11 Å². The number of nitrogens with one attached hydrogen (secondary N) is 1. The minimum absolute atomic E-state index is 0.410. The fourth-order valence-corrected chi connectivity index (χ4v) is 2.26. The summed E-state index contributed by atoms with van der Waals surface area (Å²) >= 11 is 0. The Hall–Kier alpha value is -1.29. The van der Waals surface area contributed by atoms with Crippen molar-refractivity contribution in [3.8, 4) is 5.88 Å². The van der Waals surface area contributed by atoms with E-state index < -0.39 is 0 Å².